The van der Waals surface area contributed by atoms with E-state index in [9.17, 15) is 9.59 Å². The first-order valence-corrected chi connectivity index (χ1v) is 7.85. The first kappa shape index (κ1) is 15.9. The molecule has 0 aliphatic carbocycles. The lowest BCUT2D eigenvalue weighted by molar-refractivity contribution is -0.150. The lowest BCUT2D eigenvalue weighted by Crippen LogP contribution is -2.22. The molecule has 0 amide bonds. The number of ether oxygens (including phenoxy) is 1. The quantitative estimate of drug-likeness (QED) is 0.614. The number of thioether (sulfide) groups is 1. The topological polar surface area (TPSA) is 43.4 Å². The van der Waals surface area contributed by atoms with Crippen molar-refractivity contribution in [3.8, 4) is 0 Å². The molecule has 0 N–H and O–H groups in total. The molecule has 0 fully saturated rings. The highest BCUT2D eigenvalue weighted by Crippen LogP contribution is 2.33. The molecule has 0 bridgehead atoms. The number of ketones is 1. The maximum atomic E-state index is 11.7. The molecule has 0 unspecified atom stereocenters. The van der Waals surface area contributed by atoms with Crippen molar-refractivity contribution in [1.82, 2.24) is 0 Å². The summed E-state index contributed by atoms with van der Waals surface area (Å²) in [5.41, 5.74) is 0. The fraction of sp³-hybridized carbons (Fsp3) is 0.250. The Morgan fingerprint density at radius 2 is 1.90 bits per heavy atom. The van der Waals surface area contributed by atoms with Crippen LogP contribution in [-0.4, -0.2) is 23.6 Å². The van der Waals surface area contributed by atoms with Gasteiger partial charge in [-0.1, -0.05) is 35.9 Å². The Labute approximate surface area is 132 Å². The first-order chi connectivity index (χ1) is 9.99. The first-order valence-electron chi connectivity index (χ1n) is 6.49. The summed E-state index contributed by atoms with van der Waals surface area (Å²) >= 11 is 7.58. The largest absolute Gasteiger partial charge is 0.454 e. The zero-order valence-electron chi connectivity index (χ0n) is 11.8. The van der Waals surface area contributed by atoms with E-state index in [1.807, 2.05) is 36.4 Å². The van der Waals surface area contributed by atoms with Gasteiger partial charge in [-0.2, -0.15) is 0 Å². The second kappa shape index (κ2) is 6.96. The van der Waals surface area contributed by atoms with Crippen LogP contribution in [-0.2, 0) is 14.3 Å². The van der Waals surface area contributed by atoms with Crippen molar-refractivity contribution in [2.75, 3.05) is 5.75 Å². The summed E-state index contributed by atoms with van der Waals surface area (Å²) < 4.78 is 5.03. The third-order valence-electron chi connectivity index (χ3n) is 3.04. The van der Waals surface area contributed by atoms with Gasteiger partial charge in [0.1, 0.15) is 0 Å². The summed E-state index contributed by atoms with van der Waals surface area (Å²) in [6.07, 6.45) is -0.700. The van der Waals surface area contributed by atoms with Gasteiger partial charge in [0.05, 0.1) is 5.75 Å². The monoisotopic (exact) mass is 322 g/mol. The molecule has 2 rings (SSSR count). The Morgan fingerprint density at radius 1 is 1.24 bits per heavy atom. The molecular weight excluding hydrogens is 308 g/mol. The van der Waals surface area contributed by atoms with E-state index in [-0.39, 0.29) is 11.5 Å². The molecule has 0 radical (unpaired) electrons. The zero-order valence-corrected chi connectivity index (χ0v) is 13.3. The molecule has 2 aromatic rings. The van der Waals surface area contributed by atoms with E-state index < -0.39 is 12.1 Å². The maximum absolute atomic E-state index is 11.7. The highest BCUT2D eigenvalue weighted by atomic mass is 35.5. The third-order valence-corrected chi connectivity index (χ3v) is 4.39. The van der Waals surface area contributed by atoms with E-state index in [1.54, 1.807) is 6.92 Å². The van der Waals surface area contributed by atoms with Gasteiger partial charge in [-0.3, -0.25) is 9.59 Å². The Morgan fingerprint density at radius 3 is 2.57 bits per heavy atom. The van der Waals surface area contributed by atoms with Gasteiger partial charge in [-0.05, 0) is 31.4 Å². The molecule has 3 nitrogen and oxygen atoms in total. The third kappa shape index (κ3) is 3.99. The number of benzene rings is 2. The van der Waals surface area contributed by atoms with Crippen LogP contribution in [0, 0.1) is 0 Å². The number of carbonyl (C=O) groups is 2. The Kier molecular flexibility index (Phi) is 5.26. The van der Waals surface area contributed by atoms with Crippen LogP contribution in [0.3, 0.4) is 0 Å². The number of carbonyl (C=O) groups excluding carboxylic acids is 2. The van der Waals surface area contributed by atoms with E-state index in [1.165, 1.54) is 18.7 Å². The summed E-state index contributed by atoms with van der Waals surface area (Å²) in [5, 5.41) is 2.61. The maximum Gasteiger partial charge on any atom is 0.316 e. The Balaban J connectivity index is 2.11. The summed E-state index contributed by atoms with van der Waals surface area (Å²) in [5.74, 6) is -0.435. The lowest BCUT2D eigenvalue weighted by Gasteiger charge is -2.11. The smallest absolute Gasteiger partial charge is 0.316 e. The predicted octanol–water partition coefficient (Wildman–Crippen LogP) is 4.11. The molecule has 110 valence electrons. The highest BCUT2D eigenvalue weighted by molar-refractivity contribution is 8.00. The fourth-order valence-corrected chi connectivity index (χ4v) is 3.06. The molecule has 0 aliphatic rings. The van der Waals surface area contributed by atoms with E-state index in [0.717, 1.165) is 15.7 Å². The second-order valence-electron chi connectivity index (χ2n) is 4.63. The fourth-order valence-electron chi connectivity index (χ4n) is 1.83. The van der Waals surface area contributed by atoms with Crippen LogP contribution in [0.1, 0.15) is 13.8 Å². The van der Waals surface area contributed by atoms with E-state index in [0.29, 0.717) is 5.02 Å². The summed E-state index contributed by atoms with van der Waals surface area (Å²) in [7, 11) is 0. The molecule has 0 heterocycles. The van der Waals surface area contributed by atoms with E-state index >= 15 is 0 Å². The predicted molar refractivity (Wildman–Crippen MR) is 85.9 cm³/mol. The normalized spacial score (nSPS) is 12.1. The van der Waals surface area contributed by atoms with Crippen molar-refractivity contribution < 1.29 is 14.3 Å². The van der Waals surface area contributed by atoms with Gasteiger partial charge in [0.2, 0.25) is 0 Å². The highest BCUT2D eigenvalue weighted by Gasteiger charge is 2.14. The van der Waals surface area contributed by atoms with Crippen LogP contribution in [0.2, 0.25) is 5.02 Å². The van der Waals surface area contributed by atoms with Gasteiger partial charge >= 0.3 is 5.97 Å². The number of halogens is 1. The average Bonchev–Trinajstić information content (AvgIpc) is 2.45. The van der Waals surface area contributed by atoms with Crippen molar-refractivity contribution in [3.63, 3.8) is 0 Å². The van der Waals surface area contributed by atoms with Gasteiger partial charge in [0.25, 0.3) is 0 Å². The molecule has 0 spiro atoms. The molecule has 2 aromatic carbocycles. The SMILES string of the molecule is CC(=O)[C@@H](C)OC(=O)CSc1cccc2cccc(Cl)c12. The van der Waals surface area contributed by atoms with Crippen molar-refractivity contribution in [2.45, 2.75) is 24.8 Å². The number of hydrogen-bond acceptors (Lipinski definition) is 4. The van der Waals surface area contributed by atoms with Gasteiger partial charge in [0.15, 0.2) is 11.9 Å². The van der Waals surface area contributed by atoms with Crippen molar-refractivity contribution in [2.24, 2.45) is 0 Å². The number of fused-ring (bicyclic) bond motifs is 1. The second-order valence-corrected chi connectivity index (χ2v) is 6.05. The molecule has 1 atom stereocenters. The minimum atomic E-state index is -0.700. The zero-order chi connectivity index (χ0) is 15.4. The number of esters is 1. The Hall–Kier alpha value is -1.52. The molecule has 21 heavy (non-hydrogen) atoms. The Bertz CT molecular complexity index is 679. The summed E-state index contributed by atoms with van der Waals surface area (Å²) in [6.45, 7) is 2.97. The molecule has 5 heteroatoms. The minimum Gasteiger partial charge on any atom is -0.454 e. The van der Waals surface area contributed by atoms with Crippen LogP contribution in [0.5, 0.6) is 0 Å². The molecule has 0 aliphatic heterocycles. The van der Waals surface area contributed by atoms with Crippen LogP contribution < -0.4 is 0 Å². The molecule has 0 saturated heterocycles. The number of Topliss-reactive ketones (excluding diaryl/α,β-unsaturated/α-hetero) is 1. The minimum absolute atomic E-state index is 0.141. The van der Waals surface area contributed by atoms with Gasteiger partial charge < -0.3 is 4.74 Å². The average molecular weight is 323 g/mol. The summed E-state index contributed by atoms with van der Waals surface area (Å²) in [4.78, 5) is 23.7. The standard InChI is InChI=1S/C16H15ClO3S/c1-10(18)11(2)20-15(19)9-21-14-8-4-6-12-5-3-7-13(17)16(12)14/h3-8,11H,9H2,1-2H3/t11-/m1/s1. The van der Waals surface area contributed by atoms with Gasteiger partial charge in [-0.25, -0.2) is 0 Å². The number of rotatable bonds is 5. The van der Waals surface area contributed by atoms with Gasteiger partial charge in [0, 0.05) is 15.3 Å². The lowest BCUT2D eigenvalue weighted by atomic mass is 10.1. The van der Waals surface area contributed by atoms with Crippen molar-refractivity contribution in [1.29, 1.82) is 0 Å². The van der Waals surface area contributed by atoms with Crippen LogP contribution >= 0.6 is 23.4 Å². The van der Waals surface area contributed by atoms with Crippen LogP contribution in [0.4, 0.5) is 0 Å². The molecule has 0 saturated carbocycles. The van der Waals surface area contributed by atoms with Crippen LogP contribution in [0.15, 0.2) is 41.3 Å². The van der Waals surface area contributed by atoms with Crippen LogP contribution in [0.25, 0.3) is 10.8 Å². The molecule has 0 aromatic heterocycles. The van der Waals surface area contributed by atoms with Gasteiger partial charge in [-0.15, -0.1) is 11.8 Å². The van der Waals surface area contributed by atoms with E-state index in [4.69, 9.17) is 16.3 Å². The summed E-state index contributed by atoms with van der Waals surface area (Å²) in [6, 6.07) is 11.5. The molecular formula is C16H15ClO3S. The number of hydrogen-bond donors (Lipinski definition) is 0. The van der Waals surface area contributed by atoms with E-state index in [2.05, 4.69) is 0 Å². The van der Waals surface area contributed by atoms with Crippen molar-refractivity contribution in [3.05, 3.63) is 41.4 Å². The van der Waals surface area contributed by atoms with Crippen molar-refractivity contribution >= 4 is 45.9 Å².